The van der Waals surface area contributed by atoms with Crippen molar-refractivity contribution in [3.05, 3.63) is 23.8 Å². The van der Waals surface area contributed by atoms with Crippen molar-refractivity contribution in [3.63, 3.8) is 0 Å². The van der Waals surface area contributed by atoms with Crippen LogP contribution in [0.3, 0.4) is 0 Å². The van der Waals surface area contributed by atoms with Crippen LogP contribution in [0.2, 0.25) is 0 Å². The summed E-state index contributed by atoms with van der Waals surface area (Å²) < 4.78 is 4.96. The molecule has 2 atom stereocenters. The van der Waals surface area contributed by atoms with Gasteiger partial charge < -0.3 is 20.5 Å². The van der Waals surface area contributed by atoms with E-state index in [1.54, 1.807) is 12.1 Å². The molecule has 1 heterocycles. The van der Waals surface area contributed by atoms with Gasteiger partial charge in [0.25, 0.3) is 5.91 Å². The van der Waals surface area contributed by atoms with Crippen LogP contribution in [0, 0.1) is 5.92 Å². The van der Waals surface area contributed by atoms with Crippen LogP contribution >= 0.6 is 0 Å². The fourth-order valence-electron chi connectivity index (χ4n) is 2.27. The molecule has 0 aliphatic carbocycles. The molecule has 1 aliphatic heterocycles. The molecule has 0 aromatic heterocycles. The first-order valence-electron chi connectivity index (χ1n) is 6.50. The number of hydrogen-bond acceptors (Lipinski definition) is 4. The Bertz CT molecular complexity index is 462. The summed E-state index contributed by atoms with van der Waals surface area (Å²) in [6.45, 7) is 3.92. The quantitative estimate of drug-likeness (QED) is 0.765. The third-order valence-corrected chi connectivity index (χ3v) is 3.59. The number of carbonyl (C=O) groups excluding carboxylic acids is 1. The number of hydrogen-bond donors (Lipinski definition) is 3. The summed E-state index contributed by atoms with van der Waals surface area (Å²) in [6, 6.07) is 4.79. The number of piperidine rings is 1. The first kappa shape index (κ1) is 13.7. The zero-order valence-corrected chi connectivity index (χ0v) is 11.3. The molecule has 5 heteroatoms. The number of phenols is 1. The summed E-state index contributed by atoms with van der Waals surface area (Å²) in [5.41, 5.74) is 0.441. The van der Waals surface area contributed by atoms with Crippen molar-refractivity contribution in [2.24, 2.45) is 5.92 Å². The van der Waals surface area contributed by atoms with E-state index in [1.807, 2.05) is 0 Å². The Morgan fingerprint density at radius 1 is 1.53 bits per heavy atom. The molecule has 0 saturated carbocycles. The highest BCUT2D eigenvalue weighted by molar-refractivity contribution is 5.95. The van der Waals surface area contributed by atoms with Crippen LogP contribution in [0.1, 0.15) is 23.7 Å². The predicted octanol–water partition coefficient (Wildman–Crippen LogP) is 1.13. The first-order chi connectivity index (χ1) is 9.11. The highest BCUT2D eigenvalue weighted by Crippen LogP contribution is 2.26. The molecule has 19 heavy (non-hydrogen) atoms. The number of ether oxygens (including phenoxy) is 1. The molecule has 0 radical (unpaired) electrons. The van der Waals surface area contributed by atoms with E-state index in [0.717, 1.165) is 19.5 Å². The Labute approximate surface area is 113 Å². The minimum Gasteiger partial charge on any atom is -0.504 e. The molecule has 2 rings (SSSR count). The molecule has 0 bridgehead atoms. The van der Waals surface area contributed by atoms with Crippen LogP contribution in [-0.4, -0.2) is 37.3 Å². The molecular weight excluding hydrogens is 244 g/mol. The van der Waals surface area contributed by atoms with Crippen molar-refractivity contribution in [1.29, 1.82) is 0 Å². The van der Waals surface area contributed by atoms with E-state index in [9.17, 15) is 9.90 Å². The van der Waals surface area contributed by atoms with Gasteiger partial charge in [-0.05, 0) is 37.1 Å². The van der Waals surface area contributed by atoms with Crippen molar-refractivity contribution in [2.75, 3.05) is 20.2 Å². The number of aromatic hydroxyl groups is 1. The van der Waals surface area contributed by atoms with Crippen molar-refractivity contribution in [1.82, 2.24) is 10.6 Å². The second-order valence-corrected chi connectivity index (χ2v) is 4.94. The Morgan fingerprint density at radius 3 is 2.95 bits per heavy atom. The maximum atomic E-state index is 12.1. The number of amides is 1. The molecule has 1 saturated heterocycles. The zero-order valence-electron chi connectivity index (χ0n) is 11.3. The molecule has 1 aliphatic rings. The van der Waals surface area contributed by atoms with Gasteiger partial charge in [0.2, 0.25) is 0 Å². The van der Waals surface area contributed by atoms with Gasteiger partial charge >= 0.3 is 0 Å². The second kappa shape index (κ2) is 5.93. The number of benzene rings is 1. The van der Waals surface area contributed by atoms with Crippen molar-refractivity contribution >= 4 is 5.91 Å². The Kier molecular flexibility index (Phi) is 4.27. The van der Waals surface area contributed by atoms with Crippen LogP contribution < -0.4 is 15.4 Å². The van der Waals surface area contributed by atoms with Gasteiger partial charge in [-0.1, -0.05) is 6.92 Å². The lowest BCUT2D eigenvalue weighted by molar-refractivity contribution is 0.0915. The number of phenolic OH excluding ortho intramolecular Hbond substituents is 1. The predicted molar refractivity (Wildman–Crippen MR) is 72.6 cm³/mol. The standard InChI is InChI=1S/C14H20N2O3/c1-9-5-6-15-8-11(9)16-14(18)10-3-4-13(19-2)12(17)7-10/h3-4,7,9,11,15,17H,5-6,8H2,1-2H3,(H,16,18). The van der Waals surface area contributed by atoms with E-state index in [4.69, 9.17) is 4.74 Å². The normalized spacial score (nSPS) is 22.8. The molecule has 1 amide bonds. The average molecular weight is 264 g/mol. The maximum Gasteiger partial charge on any atom is 0.251 e. The number of rotatable bonds is 3. The van der Waals surface area contributed by atoms with Gasteiger partial charge in [-0.3, -0.25) is 4.79 Å². The van der Waals surface area contributed by atoms with Gasteiger partial charge in [0.15, 0.2) is 11.5 Å². The highest BCUT2D eigenvalue weighted by atomic mass is 16.5. The van der Waals surface area contributed by atoms with Crippen LogP contribution in [0.25, 0.3) is 0 Å². The van der Waals surface area contributed by atoms with Gasteiger partial charge in [-0.2, -0.15) is 0 Å². The number of methoxy groups -OCH3 is 1. The topological polar surface area (TPSA) is 70.6 Å². The molecule has 2 unspecified atom stereocenters. The van der Waals surface area contributed by atoms with E-state index < -0.39 is 0 Å². The minimum atomic E-state index is -0.168. The van der Waals surface area contributed by atoms with E-state index >= 15 is 0 Å². The monoisotopic (exact) mass is 264 g/mol. The molecule has 1 aromatic rings. The maximum absolute atomic E-state index is 12.1. The third-order valence-electron chi connectivity index (χ3n) is 3.59. The number of carbonyl (C=O) groups is 1. The Hall–Kier alpha value is -1.75. The van der Waals surface area contributed by atoms with Gasteiger partial charge in [-0.25, -0.2) is 0 Å². The molecule has 1 aromatic carbocycles. The number of nitrogens with one attached hydrogen (secondary N) is 2. The smallest absolute Gasteiger partial charge is 0.251 e. The van der Waals surface area contributed by atoms with Crippen molar-refractivity contribution < 1.29 is 14.6 Å². The Balaban J connectivity index is 2.05. The van der Waals surface area contributed by atoms with Crippen LogP contribution in [-0.2, 0) is 0 Å². The summed E-state index contributed by atoms with van der Waals surface area (Å²) in [4.78, 5) is 12.1. The second-order valence-electron chi connectivity index (χ2n) is 4.94. The molecule has 0 spiro atoms. The Morgan fingerprint density at radius 2 is 2.32 bits per heavy atom. The fourth-order valence-corrected chi connectivity index (χ4v) is 2.27. The van der Waals surface area contributed by atoms with Gasteiger partial charge in [0, 0.05) is 18.2 Å². The molecular formula is C14H20N2O3. The summed E-state index contributed by atoms with van der Waals surface area (Å²) in [7, 11) is 1.48. The van der Waals surface area contributed by atoms with E-state index in [1.165, 1.54) is 13.2 Å². The molecule has 1 fully saturated rings. The summed E-state index contributed by atoms with van der Waals surface area (Å²) in [6.07, 6.45) is 1.05. The van der Waals surface area contributed by atoms with Gasteiger partial charge in [-0.15, -0.1) is 0 Å². The summed E-state index contributed by atoms with van der Waals surface area (Å²) >= 11 is 0. The van der Waals surface area contributed by atoms with Gasteiger partial charge in [0.1, 0.15) is 0 Å². The van der Waals surface area contributed by atoms with E-state index in [-0.39, 0.29) is 17.7 Å². The van der Waals surface area contributed by atoms with E-state index in [2.05, 4.69) is 17.6 Å². The minimum absolute atomic E-state index is 0.0232. The van der Waals surface area contributed by atoms with Gasteiger partial charge in [0.05, 0.1) is 7.11 Å². The highest BCUT2D eigenvalue weighted by Gasteiger charge is 2.23. The largest absolute Gasteiger partial charge is 0.504 e. The average Bonchev–Trinajstić information content (AvgIpc) is 2.41. The van der Waals surface area contributed by atoms with E-state index in [0.29, 0.717) is 17.2 Å². The van der Waals surface area contributed by atoms with Crippen LogP contribution in [0.5, 0.6) is 11.5 Å². The third kappa shape index (κ3) is 3.17. The lowest BCUT2D eigenvalue weighted by atomic mass is 9.94. The van der Waals surface area contributed by atoms with Crippen molar-refractivity contribution in [2.45, 2.75) is 19.4 Å². The summed E-state index contributed by atoms with van der Waals surface area (Å²) in [5.74, 6) is 0.629. The zero-order chi connectivity index (χ0) is 13.8. The lowest BCUT2D eigenvalue weighted by Gasteiger charge is -2.30. The first-order valence-corrected chi connectivity index (χ1v) is 6.50. The van der Waals surface area contributed by atoms with Crippen LogP contribution in [0.4, 0.5) is 0 Å². The van der Waals surface area contributed by atoms with Crippen molar-refractivity contribution in [3.8, 4) is 11.5 Å². The summed E-state index contributed by atoms with van der Waals surface area (Å²) in [5, 5.41) is 15.9. The SMILES string of the molecule is COc1ccc(C(=O)NC2CNCCC2C)cc1O. The molecule has 5 nitrogen and oxygen atoms in total. The molecule has 104 valence electrons. The van der Waals surface area contributed by atoms with Crippen LogP contribution in [0.15, 0.2) is 18.2 Å². The lowest BCUT2D eigenvalue weighted by Crippen LogP contribution is -2.50. The molecule has 3 N–H and O–H groups in total. The fraction of sp³-hybridized carbons (Fsp3) is 0.500.